The molecule has 0 amide bonds. The van der Waals surface area contributed by atoms with Gasteiger partial charge >= 0.3 is 0 Å². The van der Waals surface area contributed by atoms with E-state index < -0.39 is 0 Å². The summed E-state index contributed by atoms with van der Waals surface area (Å²) in [5.74, 6) is -0.235. The Balaban J connectivity index is 2.30. The van der Waals surface area contributed by atoms with Gasteiger partial charge in [0.1, 0.15) is 5.82 Å². The molecule has 0 fully saturated rings. The predicted octanol–water partition coefficient (Wildman–Crippen LogP) is 3.03. The highest BCUT2D eigenvalue weighted by Crippen LogP contribution is 2.10. The molecular weight excluding hydrogens is 221 g/mol. The molecule has 0 bridgehead atoms. The van der Waals surface area contributed by atoms with Gasteiger partial charge in [-0.25, -0.2) is 4.39 Å². The first-order valence-electron chi connectivity index (χ1n) is 5.99. The number of nitrogens with one attached hydrogen (secondary N) is 1. The molecule has 1 aromatic carbocycles. The van der Waals surface area contributed by atoms with Crippen molar-refractivity contribution in [2.24, 2.45) is 0 Å². The minimum absolute atomic E-state index is 0.189. The fourth-order valence-corrected chi connectivity index (χ4v) is 1.52. The summed E-state index contributed by atoms with van der Waals surface area (Å²) in [5.41, 5.74) is 0.775. The van der Waals surface area contributed by atoms with Gasteiger partial charge in [0.25, 0.3) is 0 Å². The molecular formula is C13H20FNO2. The van der Waals surface area contributed by atoms with Crippen molar-refractivity contribution in [2.75, 3.05) is 25.1 Å². The number of halogens is 1. The van der Waals surface area contributed by atoms with Gasteiger partial charge < -0.3 is 14.8 Å². The van der Waals surface area contributed by atoms with E-state index in [1.54, 1.807) is 6.07 Å². The minimum Gasteiger partial charge on any atom is -0.385 e. The number of hydrogen-bond donors (Lipinski definition) is 1. The van der Waals surface area contributed by atoms with E-state index in [0.29, 0.717) is 19.8 Å². The smallest absolute Gasteiger partial charge is 0.159 e. The van der Waals surface area contributed by atoms with E-state index in [0.717, 1.165) is 12.1 Å². The molecule has 0 saturated heterocycles. The standard InChI is InChI=1S/C13H20FNO2/c1-3-16-13(17-4-2)8-9-15-12-7-5-6-11(14)10-12/h5-7,10,13,15H,3-4,8-9H2,1-2H3. The van der Waals surface area contributed by atoms with Crippen LogP contribution in [0.3, 0.4) is 0 Å². The Morgan fingerprint density at radius 1 is 1.24 bits per heavy atom. The number of rotatable bonds is 8. The maximum Gasteiger partial charge on any atom is 0.159 e. The fraction of sp³-hybridized carbons (Fsp3) is 0.538. The van der Waals surface area contributed by atoms with Gasteiger partial charge in [-0.2, -0.15) is 0 Å². The van der Waals surface area contributed by atoms with Gasteiger partial charge in [0.05, 0.1) is 0 Å². The van der Waals surface area contributed by atoms with Gasteiger partial charge in [0, 0.05) is 31.9 Å². The Hall–Kier alpha value is -1.13. The molecule has 1 N–H and O–H groups in total. The van der Waals surface area contributed by atoms with Crippen LogP contribution in [0.25, 0.3) is 0 Å². The number of anilines is 1. The summed E-state index contributed by atoms with van der Waals surface area (Å²) >= 11 is 0. The summed E-state index contributed by atoms with van der Waals surface area (Å²) in [7, 11) is 0. The summed E-state index contributed by atoms with van der Waals surface area (Å²) in [4.78, 5) is 0. The van der Waals surface area contributed by atoms with E-state index in [-0.39, 0.29) is 12.1 Å². The molecule has 1 rings (SSSR count). The monoisotopic (exact) mass is 241 g/mol. The van der Waals surface area contributed by atoms with E-state index in [1.807, 2.05) is 19.9 Å². The van der Waals surface area contributed by atoms with Gasteiger partial charge in [-0.15, -0.1) is 0 Å². The van der Waals surface area contributed by atoms with Crippen LogP contribution >= 0.6 is 0 Å². The molecule has 4 heteroatoms. The minimum atomic E-state index is -0.235. The summed E-state index contributed by atoms with van der Waals surface area (Å²) in [5, 5.41) is 3.13. The van der Waals surface area contributed by atoms with E-state index in [2.05, 4.69) is 5.32 Å². The van der Waals surface area contributed by atoms with Gasteiger partial charge in [-0.1, -0.05) is 6.07 Å². The Morgan fingerprint density at radius 2 is 1.94 bits per heavy atom. The van der Waals surface area contributed by atoms with Crippen molar-refractivity contribution in [3.05, 3.63) is 30.1 Å². The molecule has 0 saturated carbocycles. The maximum absolute atomic E-state index is 12.9. The summed E-state index contributed by atoms with van der Waals surface area (Å²) in [6, 6.07) is 6.41. The first-order valence-corrected chi connectivity index (χ1v) is 5.99. The maximum atomic E-state index is 12.9. The van der Waals surface area contributed by atoms with Gasteiger partial charge in [-0.05, 0) is 32.0 Å². The van der Waals surface area contributed by atoms with Crippen LogP contribution in [0.4, 0.5) is 10.1 Å². The van der Waals surface area contributed by atoms with E-state index in [4.69, 9.17) is 9.47 Å². The number of hydrogen-bond acceptors (Lipinski definition) is 3. The van der Waals surface area contributed by atoms with Crippen LogP contribution in [-0.2, 0) is 9.47 Å². The molecule has 3 nitrogen and oxygen atoms in total. The van der Waals surface area contributed by atoms with Crippen molar-refractivity contribution in [3.8, 4) is 0 Å². The highest BCUT2D eigenvalue weighted by molar-refractivity contribution is 5.42. The first-order chi connectivity index (χ1) is 8.26. The molecule has 0 unspecified atom stereocenters. The zero-order chi connectivity index (χ0) is 12.5. The molecule has 96 valence electrons. The molecule has 0 spiro atoms. The quantitative estimate of drug-likeness (QED) is 0.710. The average molecular weight is 241 g/mol. The van der Waals surface area contributed by atoms with Gasteiger partial charge in [0.2, 0.25) is 0 Å². The first kappa shape index (κ1) is 13.9. The molecule has 0 aliphatic carbocycles. The molecule has 0 atom stereocenters. The van der Waals surface area contributed by atoms with Crippen molar-refractivity contribution in [3.63, 3.8) is 0 Å². The molecule has 0 heterocycles. The van der Waals surface area contributed by atoms with Crippen molar-refractivity contribution in [1.82, 2.24) is 0 Å². The second kappa shape index (κ2) is 8.03. The lowest BCUT2D eigenvalue weighted by molar-refractivity contribution is -0.137. The molecule has 0 aromatic heterocycles. The van der Waals surface area contributed by atoms with Crippen LogP contribution in [0, 0.1) is 5.82 Å². The molecule has 0 aliphatic heterocycles. The van der Waals surface area contributed by atoms with Crippen molar-refractivity contribution in [1.29, 1.82) is 0 Å². The average Bonchev–Trinajstić information content (AvgIpc) is 2.30. The Labute approximate surface area is 102 Å². The van der Waals surface area contributed by atoms with Crippen molar-refractivity contribution in [2.45, 2.75) is 26.6 Å². The topological polar surface area (TPSA) is 30.5 Å². The predicted molar refractivity (Wildman–Crippen MR) is 66.5 cm³/mol. The van der Waals surface area contributed by atoms with Crippen LogP contribution in [-0.4, -0.2) is 26.0 Å². The lowest BCUT2D eigenvalue weighted by Crippen LogP contribution is -2.21. The lowest BCUT2D eigenvalue weighted by atomic mass is 10.3. The number of benzene rings is 1. The van der Waals surface area contributed by atoms with Crippen LogP contribution in [0.2, 0.25) is 0 Å². The SMILES string of the molecule is CCOC(CCNc1cccc(F)c1)OCC. The lowest BCUT2D eigenvalue weighted by Gasteiger charge is -2.17. The Kier molecular flexibility index (Phi) is 6.58. The molecule has 0 aliphatic rings. The summed E-state index contributed by atoms with van der Waals surface area (Å²) in [6.45, 7) is 5.82. The second-order valence-corrected chi connectivity index (χ2v) is 3.57. The van der Waals surface area contributed by atoms with Crippen LogP contribution < -0.4 is 5.32 Å². The van der Waals surface area contributed by atoms with E-state index in [9.17, 15) is 4.39 Å². The largest absolute Gasteiger partial charge is 0.385 e. The van der Waals surface area contributed by atoms with Crippen LogP contribution in [0.1, 0.15) is 20.3 Å². The van der Waals surface area contributed by atoms with Crippen LogP contribution in [0.15, 0.2) is 24.3 Å². The van der Waals surface area contributed by atoms with Gasteiger partial charge in [0.15, 0.2) is 6.29 Å². The van der Waals surface area contributed by atoms with E-state index >= 15 is 0 Å². The fourth-order valence-electron chi connectivity index (χ4n) is 1.52. The third-order valence-electron chi connectivity index (χ3n) is 2.24. The molecule has 0 radical (unpaired) electrons. The van der Waals surface area contributed by atoms with Crippen LogP contribution in [0.5, 0.6) is 0 Å². The highest BCUT2D eigenvalue weighted by atomic mass is 19.1. The third-order valence-corrected chi connectivity index (χ3v) is 2.24. The zero-order valence-electron chi connectivity index (χ0n) is 10.4. The highest BCUT2D eigenvalue weighted by Gasteiger charge is 2.06. The van der Waals surface area contributed by atoms with E-state index in [1.165, 1.54) is 12.1 Å². The normalized spacial score (nSPS) is 10.8. The van der Waals surface area contributed by atoms with Crippen molar-refractivity contribution >= 4 is 5.69 Å². The zero-order valence-corrected chi connectivity index (χ0v) is 10.4. The van der Waals surface area contributed by atoms with Gasteiger partial charge in [-0.3, -0.25) is 0 Å². The third kappa shape index (κ3) is 5.65. The van der Waals surface area contributed by atoms with Crippen molar-refractivity contribution < 1.29 is 13.9 Å². The summed E-state index contributed by atoms with van der Waals surface area (Å²) < 4.78 is 23.7. The Bertz CT molecular complexity index is 314. The molecule has 1 aromatic rings. The number of ether oxygens (including phenoxy) is 2. The summed E-state index contributed by atoms with van der Waals surface area (Å²) in [6.07, 6.45) is 0.545. The Morgan fingerprint density at radius 3 is 2.53 bits per heavy atom. The molecule has 17 heavy (non-hydrogen) atoms. The second-order valence-electron chi connectivity index (χ2n) is 3.57.